The van der Waals surface area contributed by atoms with Crippen LogP contribution in [-0.4, -0.2) is 9.67 Å². The number of aromatic nitrogens is 1. The summed E-state index contributed by atoms with van der Waals surface area (Å²) in [6.07, 6.45) is 2.43. The van der Waals surface area contributed by atoms with Gasteiger partial charge in [-0.2, -0.15) is 0 Å². The normalized spacial score (nSPS) is 15.9. The first kappa shape index (κ1) is 9.77. The largest absolute Gasteiger partial charge is 0.506 e. The van der Waals surface area contributed by atoms with Crippen LogP contribution in [0.4, 0.5) is 0 Å². The molecule has 0 saturated heterocycles. The van der Waals surface area contributed by atoms with Crippen LogP contribution < -0.4 is 5.56 Å². The first-order chi connectivity index (χ1) is 6.59. The molecule has 1 aromatic heterocycles. The van der Waals surface area contributed by atoms with Crippen LogP contribution in [0.15, 0.2) is 15.3 Å². The number of aryl methyl sites for hydroxylation is 1. The van der Waals surface area contributed by atoms with Gasteiger partial charge in [0.25, 0.3) is 5.56 Å². The van der Waals surface area contributed by atoms with Gasteiger partial charge >= 0.3 is 0 Å². The SMILES string of the molecule is Cc1cc(O)c(Br)c(=O)n1CC1CC1. The average Bonchev–Trinajstić information content (AvgIpc) is 2.92. The third-order valence-corrected chi connectivity index (χ3v) is 3.31. The Hall–Kier alpha value is -0.770. The molecule has 1 aliphatic rings. The molecule has 0 aliphatic heterocycles. The Balaban J connectivity index is 2.46. The Kier molecular flexibility index (Phi) is 2.39. The number of halogens is 1. The molecule has 0 unspecified atom stereocenters. The molecule has 1 heterocycles. The molecular weight excluding hydrogens is 246 g/mol. The van der Waals surface area contributed by atoms with Crippen molar-refractivity contribution < 1.29 is 5.11 Å². The molecule has 1 saturated carbocycles. The summed E-state index contributed by atoms with van der Waals surface area (Å²) in [5, 5.41) is 9.39. The third kappa shape index (κ3) is 1.71. The van der Waals surface area contributed by atoms with Gasteiger partial charge in [-0.3, -0.25) is 4.79 Å². The molecule has 0 bridgehead atoms. The second kappa shape index (κ2) is 3.42. The van der Waals surface area contributed by atoms with E-state index in [4.69, 9.17) is 0 Å². The highest BCUT2D eigenvalue weighted by molar-refractivity contribution is 9.10. The first-order valence-corrected chi connectivity index (χ1v) is 5.48. The summed E-state index contributed by atoms with van der Waals surface area (Å²) in [4.78, 5) is 11.7. The molecule has 0 spiro atoms. The minimum absolute atomic E-state index is 0.0274. The minimum Gasteiger partial charge on any atom is -0.506 e. The Bertz CT molecular complexity index is 421. The summed E-state index contributed by atoms with van der Waals surface area (Å²) in [7, 11) is 0. The lowest BCUT2D eigenvalue weighted by molar-refractivity contribution is 0.463. The topological polar surface area (TPSA) is 42.2 Å². The predicted molar refractivity (Wildman–Crippen MR) is 57.5 cm³/mol. The fourth-order valence-electron chi connectivity index (χ4n) is 1.51. The van der Waals surface area contributed by atoms with Crippen LogP contribution >= 0.6 is 15.9 Å². The van der Waals surface area contributed by atoms with Crippen molar-refractivity contribution in [1.82, 2.24) is 4.57 Å². The fourth-order valence-corrected chi connectivity index (χ4v) is 1.84. The van der Waals surface area contributed by atoms with Gasteiger partial charge in [-0.25, -0.2) is 0 Å². The van der Waals surface area contributed by atoms with Crippen molar-refractivity contribution in [3.63, 3.8) is 0 Å². The standard InChI is InChI=1S/C10H12BrNO2/c1-6-4-8(13)9(11)10(14)12(6)5-7-2-3-7/h4,7,13H,2-3,5H2,1H3. The van der Waals surface area contributed by atoms with Gasteiger partial charge in [-0.15, -0.1) is 0 Å². The molecule has 1 fully saturated rings. The van der Waals surface area contributed by atoms with Gasteiger partial charge < -0.3 is 9.67 Å². The summed E-state index contributed by atoms with van der Waals surface area (Å²) >= 11 is 3.09. The van der Waals surface area contributed by atoms with E-state index >= 15 is 0 Å². The second-order valence-electron chi connectivity index (χ2n) is 3.84. The van der Waals surface area contributed by atoms with Crippen molar-refractivity contribution in [3.8, 4) is 5.75 Å². The quantitative estimate of drug-likeness (QED) is 0.881. The summed E-state index contributed by atoms with van der Waals surface area (Å²) in [6.45, 7) is 2.62. The highest BCUT2D eigenvalue weighted by atomic mass is 79.9. The van der Waals surface area contributed by atoms with Gasteiger partial charge in [0.15, 0.2) is 0 Å². The van der Waals surface area contributed by atoms with Crippen LogP contribution in [0.5, 0.6) is 5.75 Å². The lowest BCUT2D eigenvalue weighted by atomic mass is 10.3. The van der Waals surface area contributed by atoms with Crippen molar-refractivity contribution >= 4 is 15.9 Å². The van der Waals surface area contributed by atoms with Gasteiger partial charge in [-0.05, 0) is 41.6 Å². The van der Waals surface area contributed by atoms with E-state index in [1.807, 2.05) is 6.92 Å². The Morgan fingerprint density at radius 3 is 2.86 bits per heavy atom. The van der Waals surface area contributed by atoms with E-state index in [2.05, 4.69) is 15.9 Å². The summed E-state index contributed by atoms with van der Waals surface area (Å²) in [5.74, 6) is 0.683. The summed E-state index contributed by atoms with van der Waals surface area (Å²) in [6, 6.07) is 1.62. The molecule has 1 aliphatic carbocycles. The van der Waals surface area contributed by atoms with Crippen LogP contribution in [0, 0.1) is 12.8 Å². The molecule has 2 rings (SSSR count). The number of aromatic hydroxyl groups is 1. The van der Waals surface area contributed by atoms with E-state index in [0.717, 1.165) is 12.2 Å². The number of hydrogen-bond acceptors (Lipinski definition) is 2. The fraction of sp³-hybridized carbons (Fsp3) is 0.500. The maximum absolute atomic E-state index is 11.7. The van der Waals surface area contributed by atoms with Gasteiger partial charge in [0.1, 0.15) is 10.2 Å². The molecule has 3 nitrogen and oxygen atoms in total. The van der Waals surface area contributed by atoms with Crippen LogP contribution in [-0.2, 0) is 6.54 Å². The third-order valence-electron chi connectivity index (χ3n) is 2.57. The molecule has 4 heteroatoms. The van der Waals surface area contributed by atoms with E-state index in [9.17, 15) is 9.90 Å². The molecule has 0 radical (unpaired) electrons. The van der Waals surface area contributed by atoms with Crippen LogP contribution in [0.3, 0.4) is 0 Å². The van der Waals surface area contributed by atoms with E-state index in [0.29, 0.717) is 5.92 Å². The van der Waals surface area contributed by atoms with Crippen LogP contribution in [0.25, 0.3) is 0 Å². The van der Waals surface area contributed by atoms with Crippen molar-refractivity contribution in [2.75, 3.05) is 0 Å². The first-order valence-electron chi connectivity index (χ1n) is 4.68. The zero-order chi connectivity index (χ0) is 10.3. The Labute approximate surface area is 90.5 Å². The number of hydrogen-bond donors (Lipinski definition) is 1. The lowest BCUT2D eigenvalue weighted by Gasteiger charge is -2.10. The molecule has 1 aromatic rings. The van der Waals surface area contributed by atoms with E-state index < -0.39 is 0 Å². The van der Waals surface area contributed by atoms with E-state index in [-0.39, 0.29) is 15.8 Å². The number of rotatable bonds is 2. The lowest BCUT2D eigenvalue weighted by Crippen LogP contribution is -2.23. The van der Waals surface area contributed by atoms with Gasteiger partial charge in [0, 0.05) is 18.3 Å². The van der Waals surface area contributed by atoms with Gasteiger partial charge in [-0.1, -0.05) is 0 Å². The predicted octanol–water partition coefficient (Wildman–Crippen LogP) is 2.03. The molecular formula is C10H12BrNO2. The smallest absolute Gasteiger partial charge is 0.268 e. The van der Waals surface area contributed by atoms with Gasteiger partial charge in [0.2, 0.25) is 0 Å². The summed E-state index contributed by atoms with van der Waals surface area (Å²) in [5.41, 5.74) is 0.692. The second-order valence-corrected chi connectivity index (χ2v) is 4.64. The molecule has 1 N–H and O–H groups in total. The minimum atomic E-state index is -0.130. The Morgan fingerprint density at radius 2 is 2.29 bits per heavy atom. The number of nitrogens with zero attached hydrogens (tertiary/aromatic N) is 1. The highest BCUT2D eigenvalue weighted by Gasteiger charge is 2.23. The van der Waals surface area contributed by atoms with Crippen molar-refractivity contribution in [2.24, 2.45) is 5.92 Å². The molecule has 0 atom stereocenters. The van der Waals surface area contributed by atoms with E-state index in [1.165, 1.54) is 12.8 Å². The molecule has 14 heavy (non-hydrogen) atoms. The van der Waals surface area contributed by atoms with Crippen molar-refractivity contribution in [2.45, 2.75) is 26.3 Å². The van der Waals surface area contributed by atoms with Crippen molar-refractivity contribution in [3.05, 3.63) is 26.6 Å². The van der Waals surface area contributed by atoms with Crippen molar-refractivity contribution in [1.29, 1.82) is 0 Å². The highest BCUT2D eigenvalue weighted by Crippen LogP contribution is 2.31. The summed E-state index contributed by atoms with van der Waals surface area (Å²) < 4.78 is 1.99. The zero-order valence-corrected chi connectivity index (χ0v) is 9.54. The van der Waals surface area contributed by atoms with Crippen LogP contribution in [0.2, 0.25) is 0 Å². The average molecular weight is 258 g/mol. The Morgan fingerprint density at radius 1 is 1.64 bits per heavy atom. The molecule has 76 valence electrons. The van der Waals surface area contributed by atoms with Crippen LogP contribution in [0.1, 0.15) is 18.5 Å². The number of pyridine rings is 1. The monoisotopic (exact) mass is 257 g/mol. The zero-order valence-electron chi connectivity index (χ0n) is 7.96. The van der Waals surface area contributed by atoms with E-state index in [1.54, 1.807) is 10.6 Å². The molecule has 0 aromatic carbocycles. The van der Waals surface area contributed by atoms with Gasteiger partial charge in [0.05, 0.1) is 0 Å². The molecule has 0 amide bonds. The maximum Gasteiger partial charge on any atom is 0.268 e. The maximum atomic E-state index is 11.7.